The Bertz CT molecular complexity index is 603. The first-order valence-corrected chi connectivity index (χ1v) is 7.47. The zero-order valence-electron chi connectivity index (χ0n) is 12.9. The Kier molecular flexibility index (Phi) is 5.26. The maximum absolute atomic E-state index is 12.2. The van der Waals surface area contributed by atoms with Crippen molar-refractivity contribution in [2.24, 2.45) is 5.92 Å². The average molecular weight is 363 g/mol. The van der Waals surface area contributed by atoms with E-state index in [-0.39, 0.29) is 5.56 Å². The van der Waals surface area contributed by atoms with Gasteiger partial charge in [-0.25, -0.2) is 0 Å². The molecule has 0 unspecified atom stereocenters. The molecule has 0 spiro atoms. The van der Waals surface area contributed by atoms with Gasteiger partial charge in [-0.3, -0.25) is 9.59 Å². The fourth-order valence-electron chi connectivity index (χ4n) is 2.03. The van der Waals surface area contributed by atoms with Gasteiger partial charge in [0.2, 0.25) is 11.5 Å². The molecule has 1 fully saturated rings. The van der Waals surface area contributed by atoms with E-state index in [4.69, 9.17) is 42.1 Å². The van der Waals surface area contributed by atoms with Gasteiger partial charge in [0.1, 0.15) is 4.33 Å². The van der Waals surface area contributed by atoms with Crippen LogP contribution >= 0.6 is 23.2 Å². The van der Waals surface area contributed by atoms with E-state index in [1.807, 2.05) is 0 Å². The van der Waals surface area contributed by atoms with Crippen molar-refractivity contribution in [1.82, 2.24) is 0 Å². The second kappa shape index (κ2) is 6.84. The molecule has 126 valence electrons. The monoisotopic (exact) mass is 362 g/mol. The number of alkyl halides is 2. The number of benzene rings is 1. The Morgan fingerprint density at radius 3 is 2.04 bits per heavy atom. The largest absolute Gasteiger partial charge is 0.493 e. The van der Waals surface area contributed by atoms with E-state index in [0.29, 0.717) is 23.7 Å². The third-order valence-corrected chi connectivity index (χ3v) is 4.28. The zero-order valence-corrected chi connectivity index (χ0v) is 14.4. The Hall–Kier alpha value is -1.66. The molecule has 0 aromatic heterocycles. The van der Waals surface area contributed by atoms with Gasteiger partial charge >= 0.3 is 5.97 Å². The minimum atomic E-state index is -1.08. The predicted molar refractivity (Wildman–Crippen MR) is 83.9 cm³/mol. The van der Waals surface area contributed by atoms with Crippen LogP contribution in [0.1, 0.15) is 16.8 Å². The molecule has 0 N–H and O–H groups in total. The first kappa shape index (κ1) is 17.7. The second-order valence-electron chi connectivity index (χ2n) is 4.96. The topological polar surface area (TPSA) is 71.1 Å². The van der Waals surface area contributed by atoms with E-state index in [2.05, 4.69) is 0 Å². The molecule has 0 amide bonds. The molecule has 1 saturated carbocycles. The van der Waals surface area contributed by atoms with Gasteiger partial charge in [-0.2, -0.15) is 0 Å². The summed E-state index contributed by atoms with van der Waals surface area (Å²) in [6.45, 7) is -0.419. The number of ketones is 1. The first-order valence-electron chi connectivity index (χ1n) is 6.71. The number of methoxy groups -OCH3 is 3. The molecular formula is C15H16Cl2O6. The van der Waals surface area contributed by atoms with Crippen LogP contribution in [0.4, 0.5) is 0 Å². The molecule has 0 saturated heterocycles. The predicted octanol–water partition coefficient (Wildman–Crippen LogP) is 2.63. The van der Waals surface area contributed by atoms with E-state index in [1.165, 1.54) is 33.5 Å². The van der Waals surface area contributed by atoms with Gasteiger partial charge in [0, 0.05) is 5.56 Å². The fraction of sp³-hybridized carbons (Fsp3) is 0.467. The maximum Gasteiger partial charge on any atom is 0.312 e. The van der Waals surface area contributed by atoms with Crippen molar-refractivity contribution in [3.8, 4) is 17.2 Å². The van der Waals surface area contributed by atoms with Crippen molar-refractivity contribution < 1.29 is 28.5 Å². The summed E-state index contributed by atoms with van der Waals surface area (Å²) in [6, 6.07) is 2.98. The van der Waals surface area contributed by atoms with Crippen molar-refractivity contribution in [1.29, 1.82) is 0 Å². The van der Waals surface area contributed by atoms with E-state index < -0.39 is 28.6 Å². The third-order valence-electron chi connectivity index (χ3n) is 3.44. The summed E-state index contributed by atoms with van der Waals surface area (Å²) in [5, 5.41) is 0. The number of hydrogen-bond acceptors (Lipinski definition) is 6. The quantitative estimate of drug-likeness (QED) is 0.421. The third kappa shape index (κ3) is 3.82. The molecule has 1 aliphatic carbocycles. The Morgan fingerprint density at radius 1 is 1.13 bits per heavy atom. The number of Topliss-reactive ketones (excluding diaryl/α,β-unsaturated/α-hetero) is 1. The Morgan fingerprint density at radius 2 is 1.65 bits per heavy atom. The van der Waals surface area contributed by atoms with E-state index in [9.17, 15) is 9.59 Å². The number of halogens is 2. The summed E-state index contributed by atoms with van der Waals surface area (Å²) >= 11 is 11.6. The molecule has 0 aliphatic heterocycles. The fourth-order valence-corrected chi connectivity index (χ4v) is 2.52. The number of carbonyl (C=O) groups excluding carboxylic acids is 2. The van der Waals surface area contributed by atoms with E-state index >= 15 is 0 Å². The molecule has 0 bridgehead atoms. The van der Waals surface area contributed by atoms with Gasteiger partial charge in [0.25, 0.3) is 0 Å². The van der Waals surface area contributed by atoms with Crippen LogP contribution in [0.5, 0.6) is 17.2 Å². The number of hydrogen-bond donors (Lipinski definition) is 0. The van der Waals surface area contributed by atoms with Gasteiger partial charge in [0.15, 0.2) is 18.1 Å². The lowest BCUT2D eigenvalue weighted by molar-refractivity contribution is -0.144. The van der Waals surface area contributed by atoms with E-state index in [0.717, 1.165) is 0 Å². The molecule has 8 heteroatoms. The molecule has 1 aliphatic rings. The molecule has 1 aromatic carbocycles. The van der Waals surface area contributed by atoms with Crippen LogP contribution in [-0.4, -0.2) is 44.0 Å². The first-order chi connectivity index (χ1) is 10.8. The summed E-state index contributed by atoms with van der Waals surface area (Å²) in [6.07, 6.45) is 0.327. The summed E-state index contributed by atoms with van der Waals surface area (Å²) in [5.74, 6) is -0.536. The highest BCUT2D eigenvalue weighted by molar-refractivity contribution is 6.52. The molecular weight excluding hydrogens is 347 g/mol. The van der Waals surface area contributed by atoms with Gasteiger partial charge in [-0.05, 0) is 18.6 Å². The lowest BCUT2D eigenvalue weighted by atomic mass is 10.1. The summed E-state index contributed by atoms with van der Waals surface area (Å²) in [4.78, 5) is 23.9. The van der Waals surface area contributed by atoms with Crippen molar-refractivity contribution >= 4 is 35.0 Å². The number of esters is 1. The van der Waals surface area contributed by atoms with Crippen LogP contribution in [0.3, 0.4) is 0 Å². The Balaban J connectivity index is 2.08. The Labute approximate surface area is 143 Å². The molecule has 2 rings (SSSR count). The molecule has 23 heavy (non-hydrogen) atoms. The molecule has 1 atom stereocenters. The maximum atomic E-state index is 12.2. The van der Waals surface area contributed by atoms with Crippen LogP contribution in [-0.2, 0) is 9.53 Å². The summed E-state index contributed by atoms with van der Waals surface area (Å²) in [7, 11) is 4.35. The van der Waals surface area contributed by atoms with E-state index in [1.54, 1.807) is 0 Å². The molecule has 0 heterocycles. The zero-order chi connectivity index (χ0) is 17.2. The van der Waals surface area contributed by atoms with Crippen LogP contribution in [0.25, 0.3) is 0 Å². The molecule has 6 nitrogen and oxygen atoms in total. The molecule has 1 aromatic rings. The lowest BCUT2D eigenvalue weighted by Crippen LogP contribution is -2.17. The SMILES string of the molecule is COc1cc(C(=O)COC(=O)[C@H]2CC2(Cl)Cl)cc(OC)c1OC. The highest BCUT2D eigenvalue weighted by atomic mass is 35.5. The average Bonchev–Trinajstić information content (AvgIpc) is 3.19. The van der Waals surface area contributed by atoms with Crippen LogP contribution < -0.4 is 14.2 Å². The van der Waals surface area contributed by atoms with Crippen molar-refractivity contribution in [2.45, 2.75) is 10.8 Å². The highest BCUT2D eigenvalue weighted by Crippen LogP contribution is 2.53. The van der Waals surface area contributed by atoms with Crippen molar-refractivity contribution in [3.05, 3.63) is 17.7 Å². The lowest BCUT2D eigenvalue weighted by Gasteiger charge is -2.13. The van der Waals surface area contributed by atoms with Crippen molar-refractivity contribution in [3.63, 3.8) is 0 Å². The number of rotatable bonds is 7. The highest BCUT2D eigenvalue weighted by Gasteiger charge is 2.57. The second-order valence-corrected chi connectivity index (χ2v) is 6.51. The number of ether oxygens (including phenoxy) is 4. The van der Waals surface area contributed by atoms with Crippen LogP contribution in [0, 0.1) is 5.92 Å². The van der Waals surface area contributed by atoms with Gasteiger partial charge in [-0.15, -0.1) is 23.2 Å². The number of carbonyl (C=O) groups is 2. The minimum Gasteiger partial charge on any atom is -0.493 e. The molecule has 0 radical (unpaired) electrons. The van der Waals surface area contributed by atoms with Crippen molar-refractivity contribution in [2.75, 3.05) is 27.9 Å². The normalized spacial score (nSPS) is 18.0. The van der Waals surface area contributed by atoms with Gasteiger partial charge < -0.3 is 18.9 Å². The van der Waals surface area contributed by atoms with Gasteiger partial charge in [0.05, 0.1) is 27.2 Å². The summed E-state index contributed by atoms with van der Waals surface area (Å²) in [5.41, 5.74) is 0.270. The van der Waals surface area contributed by atoms with Gasteiger partial charge in [-0.1, -0.05) is 0 Å². The van der Waals surface area contributed by atoms with Crippen LogP contribution in [0.15, 0.2) is 12.1 Å². The smallest absolute Gasteiger partial charge is 0.312 e. The van der Waals surface area contributed by atoms with Crippen LogP contribution in [0.2, 0.25) is 0 Å². The minimum absolute atomic E-state index is 0.270. The summed E-state index contributed by atoms with van der Waals surface area (Å²) < 4.78 is 19.4. The standard InChI is InChI=1S/C15H16Cl2O6/c1-20-11-4-8(5-12(21-2)13(11)22-3)10(18)7-23-14(19)9-6-15(9,16)17/h4-5,9H,6-7H2,1-3H3/t9-/m1/s1.